The molecule has 0 spiro atoms. The number of nitrogens with zero attached hydrogens (tertiary/aromatic N) is 2. The molecule has 0 unspecified atom stereocenters. The molecule has 1 aromatic heterocycles. The van der Waals surface area contributed by atoms with Crippen molar-refractivity contribution in [1.29, 1.82) is 0 Å². The molecular formula is C11H21N3O. The van der Waals surface area contributed by atoms with E-state index in [0.29, 0.717) is 13.0 Å². The second-order valence-corrected chi connectivity index (χ2v) is 3.03. The number of aromatic nitrogens is 2. The van der Waals surface area contributed by atoms with E-state index in [-0.39, 0.29) is 5.91 Å². The highest BCUT2D eigenvalue weighted by Gasteiger charge is 2.02. The Morgan fingerprint density at radius 2 is 2.13 bits per heavy atom. The summed E-state index contributed by atoms with van der Waals surface area (Å²) >= 11 is 0. The van der Waals surface area contributed by atoms with Crippen molar-refractivity contribution in [2.45, 2.75) is 40.7 Å². The van der Waals surface area contributed by atoms with Gasteiger partial charge in [-0.25, -0.2) is 0 Å². The van der Waals surface area contributed by atoms with Crippen LogP contribution in [-0.2, 0) is 18.4 Å². The zero-order valence-corrected chi connectivity index (χ0v) is 10.3. The highest BCUT2D eigenvalue weighted by Crippen LogP contribution is 2.00. The van der Waals surface area contributed by atoms with Gasteiger partial charge in [0.05, 0.1) is 12.2 Å². The van der Waals surface area contributed by atoms with Crippen molar-refractivity contribution < 1.29 is 4.79 Å². The Bertz CT molecular complexity index is 285. The molecule has 0 aromatic carbocycles. The molecule has 15 heavy (non-hydrogen) atoms. The number of aryl methyl sites for hydroxylation is 2. The van der Waals surface area contributed by atoms with Crippen molar-refractivity contribution in [2.75, 3.05) is 0 Å². The normalized spacial score (nSPS) is 9.13. The maximum atomic E-state index is 10.9. The summed E-state index contributed by atoms with van der Waals surface area (Å²) in [5.74, 6) is 0.0586. The Morgan fingerprint density at radius 1 is 1.53 bits per heavy atom. The van der Waals surface area contributed by atoms with E-state index in [0.717, 1.165) is 11.4 Å². The first kappa shape index (κ1) is 13.7. The molecule has 0 aliphatic rings. The summed E-state index contributed by atoms with van der Waals surface area (Å²) in [4.78, 5) is 10.9. The number of hydrogen-bond acceptors (Lipinski definition) is 2. The number of amides is 1. The molecule has 0 aliphatic carbocycles. The minimum Gasteiger partial charge on any atom is -0.350 e. The van der Waals surface area contributed by atoms with Gasteiger partial charge in [-0.15, -0.1) is 0 Å². The average molecular weight is 211 g/mol. The first-order valence-corrected chi connectivity index (χ1v) is 5.39. The van der Waals surface area contributed by atoms with Crippen LogP contribution in [-0.4, -0.2) is 15.7 Å². The van der Waals surface area contributed by atoms with Crippen molar-refractivity contribution in [1.82, 2.24) is 15.1 Å². The van der Waals surface area contributed by atoms with Crippen molar-refractivity contribution in [3.63, 3.8) is 0 Å². The van der Waals surface area contributed by atoms with E-state index in [1.165, 1.54) is 0 Å². The maximum Gasteiger partial charge on any atom is 0.220 e. The predicted molar refractivity (Wildman–Crippen MR) is 61.4 cm³/mol. The van der Waals surface area contributed by atoms with Crippen LogP contribution in [0.15, 0.2) is 6.07 Å². The summed E-state index contributed by atoms with van der Waals surface area (Å²) in [6, 6.07) is 1.97. The van der Waals surface area contributed by atoms with E-state index in [1.54, 1.807) is 4.68 Å². The summed E-state index contributed by atoms with van der Waals surface area (Å²) in [6.07, 6.45) is 0.520. The van der Waals surface area contributed by atoms with Gasteiger partial charge in [0.15, 0.2) is 0 Å². The van der Waals surface area contributed by atoms with Gasteiger partial charge in [-0.1, -0.05) is 20.8 Å². The van der Waals surface area contributed by atoms with Gasteiger partial charge < -0.3 is 5.32 Å². The number of hydrogen-bond donors (Lipinski definition) is 1. The van der Waals surface area contributed by atoms with Crippen LogP contribution in [0, 0.1) is 6.92 Å². The lowest BCUT2D eigenvalue weighted by molar-refractivity contribution is -0.120. The van der Waals surface area contributed by atoms with E-state index in [1.807, 2.05) is 40.8 Å². The minimum atomic E-state index is 0.0586. The molecule has 0 saturated heterocycles. The third-order valence-corrected chi connectivity index (χ3v) is 1.95. The van der Waals surface area contributed by atoms with Gasteiger partial charge in [0.2, 0.25) is 5.91 Å². The highest BCUT2D eigenvalue weighted by atomic mass is 16.1. The molecule has 0 aliphatic heterocycles. The van der Waals surface area contributed by atoms with Crippen molar-refractivity contribution in [3.05, 3.63) is 17.5 Å². The predicted octanol–water partition coefficient (Wildman–Crippen LogP) is 1.78. The second kappa shape index (κ2) is 7.04. The Morgan fingerprint density at radius 3 is 2.53 bits per heavy atom. The Balaban J connectivity index is 0.000000921. The van der Waals surface area contributed by atoms with Crippen molar-refractivity contribution in [2.24, 2.45) is 7.05 Å². The van der Waals surface area contributed by atoms with Gasteiger partial charge in [0, 0.05) is 19.2 Å². The lowest BCUT2D eigenvalue weighted by Gasteiger charge is -1.98. The molecule has 1 amide bonds. The minimum absolute atomic E-state index is 0.0586. The number of carbonyl (C=O) groups excluding carboxylic acids is 1. The van der Waals surface area contributed by atoms with Gasteiger partial charge in [-0.3, -0.25) is 9.48 Å². The second-order valence-electron chi connectivity index (χ2n) is 3.03. The fourth-order valence-electron chi connectivity index (χ4n) is 1.04. The maximum absolute atomic E-state index is 10.9. The first-order valence-electron chi connectivity index (χ1n) is 5.39. The lowest BCUT2D eigenvalue weighted by atomic mass is 10.3. The molecule has 1 heterocycles. The number of carbonyl (C=O) groups is 1. The van der Waals surface area contributed by atoms with Crippen LogP contribution in [0.25, 0.3) is 0 Å². The zero-order valence-electron chi connectivity index (χ0n) is 10.3. The summed E-state index contributed by atoms with van der Waals surface area (Å²) in [5.41, 5.74) is 2.00. The SMILES string of the molecule is CC.CCC(=O)NCc1cc(C)n(C)n1. The Labute approximate surface area is 91.7 Å². The van der Waals surface area contributed by atoms with E-state index in [4.69, 9.17) is 0 Å². The molecule has 1 aromatic rings. The fourth-order valence-corrected chi connectivity index (χ4v) is 1.04. The van der Waals surface area contributed by atoms with E-state index in [2.05, 4.69) is 10.4 Å². The van der Waals surface area contributed by atoms with Gasteiger partial charge >= 0.3 is 0 Å². The molecule has 1 N–H and O–H groups in total. The molecule has 0 saturated carbocycles. The number of nitrogens with one attached hydrogen (secondary N) is 1. The lowest BCUT2D eigenvalue weighted by Crippen LogP contribution is -2.21. The van der Waals surface area contributed by atoms with Crippen LogP contribution < -0.4 is 5.32 Å². The average Bonchev–Trinajstić information content (AvgIpc) is 2.58. The van der Waals surface area contributed by atoms with Crippen LogP contribution in [0.3, 0.4) is 0 Å². The van der Waals surface area contributed by atoms with Crippen LogP contribution in [0.4, 0.5) is 0 Å². The number of rotatable bonds is 3. The van der Waals surface area contributed by atoms with Crippen LogP contribution in [0.1, 0.15) is 38.6 Å². The smallest absolute Gasteiger partial charge is 0.220 e. The van der Waals surface area contributed by atoms with Crippen molar-refractivity contribution >= 4 is 5.91 Å². The topological polar surface area (TPSA) is 46.9 Å². The zero-order chi connectivity index (χ0) is 11.8. The molecule has 1 rings (SSSR count). The standard InChI is InChI=1S/C9H15N3O.C2H6/c1-4-9(13)10-6-8-5-7(2)12(3)11-8;1-2/h5H,4,6H2,1-3H3,(H,10,13);1-2H3. The van der Waals surface area contributed by atoms with Gasteiger partial charge in [-0.2, -0.15) is 5.10 Å². The van der Waals surface area contributed by atoms with E-state index >= 15 is 0 Å². The van der Waals surface area contributed by atoms with Crippen LogP contribution in [0.2, 0.25) is 0 Å². The summed E-state index contributed by atoms with van der Waals surface area (Å²) in [5, 5.41) is 6.99. The highest BCUT2D eigenvalue weighted by molar-refractivity contribution is 5.75. The largest absolute Gasteiger partial charge is 0.350 e. The molecule has 86 valence electrons. The fraction of sp³-hybridized carbons (Fsp3) is 0.636. The van der Waals surface area contributed by atoms with E-state index < -0.39 is 0 Å². The van der Waals surface area contributed by atoms with Crippen LogP contribution >= 0.6 is 0 Å². The molecule has 4 nitrogen and oxygen atoms in total. The summed E-state index contributed by atoms with van der Waals surface area (Å²) in [7, 11) is 1.89. The van der Waals surface area contributed by atoms with Gasteiger partial charge in [0.25, 0.3) is 0 Å². The van der Waals surface area contributed by atoms with Crippen molar-refractivity contribution in [3.8, 4) is 0 Å². The van der Waals surface area contributed by atoms with Crippen LogP contribution in [0.5, 0.6) is 0 Å². The first-order chi connectivity index (χ1) is 7.13. The Hall–Kier alpha value is -1.32. The van der Waals surface area contributed by atoms with Gasteiger partial charge in [0.1, 0.15) is 0 Å². The Kier molecular flexibility index (Phi) is 6.42. The molecule has 0 radical (unpaired) electrons. The monoisotopic (exact) mass is 211 g/mol. The summed E-state index contributed by atoms with van der Waals surface area (Å²) < 4.78 is 1.80. The molecule has 0 bridgehead atoms. The summed E-state index contributed by atoms with van der Waals surface area (Å²) in [6.45, 7) is 8.34. The molecular weight excluding hydrogens is 190 g/mol. The molecule has 0 fully saturated rings. The van der Waals surface area contributed by atoms with E-state index in [9.17, 15) is 4.79 Å². The molecule has 0 atom stereocenters. The third kappa shape index (κ3) is 4.63. The molecule has 4 heteroatoms. The third-order valence-electron chi connectivity index (χ3n) is 1.95. The quantitative estimate of drug-likeness (QED) is 0.828. The van der Waals surface area contributed by atoms with Gasteiger partial charge in [-0.05, 0) is 13.0 Å².